The molecular weight excluding hydrogens is 479 g/mol. The van der Waals surface area contributed by atoms with E-state index in [1.54, 1.807) is 27.6 Å². The highest BCUT2D eigenvalue weighted by molar-refractivity contribution is 8.26. The van der Waals surface area contributed by atoms with Crippen LogP contribution in [0.1, 0.15) is 28.3 Å². The van der Waals surface area contributed by atoms with Gasteiger partial charge in [-0.1, -0.05) is 54.3 Å². The van der Waals surface area contributed by atoms with E-state index in [1.165, 1.54) is 11.8 Å². The SMILES string of the molecule is Cc1nc(-c2ccc(CNC(=O)CCCN3C(=O)/C(=C/c4cccs4)SC3=S)cc2)cs1. The van der Waals surface area contributed by atoms with Crippen LogP contribution in [0, 0.1) is 6.92 Å². The number of nitrogens with zero attached hydrogens (tertiary/aromatic N) is 2. The molecule has 0 atom stereocenters. The standard InChI is InChI=1S/C23H21N3O2S4/c1-15-25-19(14-31-15)17-8-6-16(7-9-17)13-24-21(27)5-2-10-26-22(28)20(32-23(26)29)12-18-4-3-11-30-18/h3-4,6-9,11-12,14H,2,5,10,13H2,1H3,(H,24,27)/b20-12-. The number of carbonyl (C=O) groups is 2. The molecule has 1 aromatic carbocycles. The lowest BCUT2D eigenvalue weighted by molar-refractivity contribution is -0.124. The smallest absolute Gasteiger partial charge is 0.266 e. The average Bonchev–Trinajstić information content (AvgIpc) is 3.51. The van der Waals surface area contributed by atoms with Gasteiger partial charge in [-0.3, -0.25) is 14.5 Å². The van der Waals surface area contributed by atoms with E-state index in [0.29, 0.717) is 35.2 Å². The topological polar surface area (TPSA) is 62.3 Å². The summed E-state index contributed by atoms with van der Waals surface area (Å²) in [6.07, 6.45) is 2.78. The van der Waals surface area contributed by atoms with Gasteiger partial charge >= 0.3 is 0 Å². The van der Waals surface area contributed by atoms with Crippen LogP contribution in [0.4, 0.5) is 0 Å². The van der Waals surface area contributed by atoms with E-state index in [-0.39, 0.29) is 11.8 Å². The highest BCUT2D eigenvalue weighted by Crippen LogP contribution is 2.33. The van der Waals surface area contributed by atoms with Crippen LogP contribution < -0.4 is 5.32 Å². The molecule has 32 heavy (non-hydrogen) atoms. The largest absolute Gasteiger partial charge is 0.352 e. The van der Waals surface area contributed by atoms with E-state index in [2.05, 4.69) is 10.3 Å². The Kier molecular flexibility index (Phi) is 7.51. The van der Waals surface area contributed by atoms with Crippen molar-refractivity contribution in [3.8, 4) is 11.3 Å². The number of hydrogen-bond donors (Lipinski definition) is 1. The number of hydrogen-bond acceptors (Lipinski definition) is 7. The number of carbonyl (C=O) groups excluding carboxylic acids is 2. The average molecular weight is 500 g/mol. The highest BCUT2D eigenvalue weighted by Gasteiger charge is 2.31. The number of nitrogens with one attached hydrogen (secondary N) is 1. The molecule has 164 valence electrons. The van der Waals surface area contributed by atoms with Gasteiger partial charge in [-0.2, -0.15) is 0 Å². The molecule has 4 rings (SSSR count). The van der Waals surface area contributed by atoms with Crippen LogP contribution in [-0.4, -0.2) is 32.6 Å². The van der Waals surface area contributed by atoms with Gasteiger partial charge in [-0.25, -0.2) is 4.98 Å². The molecule has 1 aliphatic rings. The van der Waals surface area contributed by atoms with E-state index in [4.69, 9.17) is 12.2 Å². The van der Waals surface area contributed by atoms with Crippen LogP contribution in [0.2, 0.25) is 0 Å². The summed E-state index contributed by atoms with van der Waals surface area (Å²) in [7, 11) is 0. The number of aromatic nitrogens is 1. The molecule has 1 N–H and O–H groups in total. The Morgan fingerprint density at radius 1 is 1.22 bits per heavy atom. The Hall–Kier alpha value is -2.33. The zero-order valence-electron chi connectivity index (χ0n) is 17.4. The van der Waals surface area contributed by atoms with Crippen molar-refractivity contribution < 1.29 is 9.59 Å². The normalized spacial score (nSPS) is 15.0. The maximum atomic E-state index is 12.6. The van der Waals surface area contributed by atoms with Crippen LogP contribution in [0.15, 0.2) is 52.1 Å². The van der Waals surface area contributed by atoms with Gasteiger partial charge < -0.3 is 5.32 Å². The minimum Gasteiger partial charge on any atom is -0.352 e. The minimum absolute atomic E-state index is 0.0382. The Bertz CT molecular complexity index is 1150. The zero-order valence-corrected chi connectivity index (χ0v) is 20.6. The first kappa shape index (κ1) is 22.8. The Balaban J connectivity index is 1.21. The van der Waals surface area contributed by atoms with E-state index in [1.807, 2.05) is 60.2 Å². The van der Waals surface area contributed by atoms with E-state index in [0.717, 1.165) is 26.7 Å². The van der Waals surface area contributed by atoms with Crippen molar-refractivity contribution in [2.75, 3.05) is 6.54 Å². The molecule has 2 aromatic heterocycles. The molecular formula is C23H21N3O2S4. The summed E-state index contributed by atoms with van der Waals surface area (Å²) in [5, 5.41) is 8.00. The van der Waals surface area contributed by atoms with Gasteiger partial charge in [0.25, 0.3) is 5.91 Å². The van der Waals surface area contributed by atoms with Crippen LogP contribution in [0.5, 0.6) is 0 Å². The summed E-state index contributed by atoms with van der Waals surface area (Å²) in [4.78, 5) is 32.6. The number of thiophene rings is 1. The van der Waals surface area contributed by atoms with Gasteiger partial charge in [0.2, 0.25) is 5.91 Å². The van der Waals surface area contributed by atoms with Crippen molar-refractivity contribution in [3.05, 3.63) is 67.5 Å². The number of thiocarbonyl (C=S) groups is 1. The van der Waals surface area contributed by atoms with Gasteiger partial charge in [0.1, 0.15) is 4.32 Å². The first-order valence-corrected chi connectivity index (χ1v) is 13.0. The maximum Gasteiger partial charge on any atom is 0.266 e. The van der Waals surface area contributed by atoms with Crippen molar-refractivity contribution in [2.45, 2.75) is 26.3 Å². The number of amides is 2. The molecule has 0 saturated carbocycles. The lowest BCUT2D eigenvalue weighted by Gasteiger charge is -2.14. The van der Waals surface area contributed by atoms with Crippen LogP contribution in [0.3, 0.4) is 0 Å². The third-order valence-electron chi connectivity index (χ3n) is 4.83. The molecule has 3 aromatic rings. The zero-order chi connectivity index (χ0) is 22.5. The molecule has 0 bridgehead atoms. The van der Waals surface area contributed by atoms with E-state index >= 15 is 0 Å². The Morgan fingerprint density at radius 3 is 2.72 bits per heavy atom. The summed E-state index contributed by atoms with van der Waals surface area (Å²) >= 11 is 9.89. The fourth-order valence-electron chi connectivity index (χ4n) is 3.17. The number of aryl methyl sites for hydroxylation is 1. The minimum atomic E-state index is -0.0794. The predicted molar refractivity (Wildman–Crippen MR) is 138 cm³/mol. The monoisotopic (exact) mass is 499 g/mol. The van der Waals surface area contributed by atoms with Crippen LogP contribution in [0.25, 0.3) is 17.3 Å². The fraction of sp³-hybridized carbons (Fsp3) is 0.217. The predicted octanol–water partition coefficient (Wildman–Crippen LogP) is 5.48. The van der Waals surface area contributed by atoms with Gasteiger partial charge in [-0.05, 0) is 36.4 Å². The van der Waals surface area contributed by atoms with Crippen LogP contribution >= 0.6 is 46.7 Å². The number of thioether (sulfide) groups is 1. The van der Waals surface area contributed by atoms with Crippen molar-refractivity contribution in [1.82, 2.24) is 15.2 Å². The number of rotatable bonds is 8. The second-order valence-electron chi connectivity index (χ2n) is 7.18. The summed E-state index contributed by atoms with van der Waals surface area (Å²) < 4.78 is 0.550. The van der Waals surface area contributed by atoms with Crippen LogP contribution in [-0.2, 0) is 16.1 Å². The molecule has 1 saturated heterocycles. The van der Waals surface area contributed by atoms with Gasteiger partial charge in [0.15, 0.2) is 0 Å². The molecule has 0 spiro atoms. The fourth-order valence-corrected chi connectivity index (χ4v) is 5.82. The molecule has 0 unspecified atom stereocenters. The van der Waals surface area contributed by atoms with Crippen molar-refractivity contribution in [1.29, 1.82) is 0 Å². The van der Waals surface area contributed by atoms with Crippen molar-refractivity contribution >= 4 is 68.9 Å². The Morgan fingerprint density at radius 2 is 2.03 bits per heavy atom. The summed E-state index contributed by atoms with van der Waals surface area (Å²) in [6.45, 7) is 2.91. The molecule has 1 aliphatic heterocycles. The van der Waals surface area contributed by atoms with Crippen molar-refractivity contribution in [3.63, 3.8) is 0 Å². The first-order valence-electron chi connectivity index (χ1n) is 10.1. The molecule has 3 heterocycles. The number of benzene rings is 1. The van der Waals surface area contributed by atoms with E-state index < -0.39 is 0 Å². The quantitative estimate of drug-likeness (QED) is 0.329. The second-order valence-corrected chi connectivity index (χ2v) is 10.9. The number of thiazole rings is 1. The van der Waals surface area contributed by atoms with E-state index in [9.17, 15) is 9.59 Å². The molecule has 0 aliphatic carbocycles. The second kappa shape index (κ2) is 10.5. The molecule has 9 heteroatoms. The molecule has 5 nitrogen and oxygen atoms in total. The summed E-state index contributed by atoms with van der Waals surface area (Å²) in [5.41, 5.74) is 3.08. The lowest BCUT2D eigenvalue weighted by atomic mass is 10.1. The maximum absolute atomic E-state index is 12.6. The van der Waals surface area contributed by atoms with Gasteiger partial charge in [0, 0.05) is 35.3 Å². The molecule has 1 fully saturated rings. The third kappa shape index (κ3) is 5.72. The van der Waals surface area contributed by atoms with Crippen molar-refractivity contribution in [2.24, 2.45) is 0 Å². The molecule has 0 radical (unpaired) electrons. The summed E-state index contributed by atoms with van der Waals surface area (Å²) in [6, 6.07) is 12.0. The molecule has 2 amide bonds. The lowest BCUT2D eigenvalue weighted by Crippen LogP contribution is -2.30. The van der Waals surface area contributed by atoms with Gasteiger partial charge in [-0.15, -0.1) is 22.7 Å². The summed E-state index contributed by atoms with van der Waals surface area (Å²) in [5.74, 6) is -0.118. The third-order valence-corrected chi connectivity index (χ3v) is 7.80. The Labute approximate surface area is 204 Å². The first-order chi connectivity index (χ1) is 15.5. The highest BCUT2D eigenvalue weighted by atomic mass is 32.2. The van der Waals surface area contributed by atoms with Gasteiger partial charge in [0.05, 0.1) is 15.6 Å².